The van der Waals surface area contributed by atoms with E-state index in [0.29, 0.717) is 42.9 Å². The van der Waals surface area contributed by atoms with Crippen LogP contribution in [0.4, 0.5) is 4.39 Å². The average Bonchev–Trinajstić information content (AvgIpc) is 2.67. The van der Waals surface area contributed by atoms with Crippen molar-refractivity contribution in [3.63, 3.8) is 0 Å². The van der Waals surface area contributed by atoms with Gasteiger partial charge in [0.15, 0.2) is 0 Å². The molecule has 2 aromatic rings. The van der Waals surface area contributed by atoms with E-state index in [1.807, 2.05) is 0 Å². The number of rotatable bonds is 9. The molecule has 0 saturated heterocycles. The molecule has 0 unspecified atom stereocenters. The first-order chi connectivity index (χ1) is 13.2. The lowest BCUT2D eigenvalue weighted by Gasteiger charge is -2.12. The van der Waals surface area contributed by atoms with Gasteiger partial charge in [0.25, 0.3) is 5.91 Å². The molecule has 0 saturated carbocycles. The number of hydrogen-bond donors (Lipinski definition) is 2. The maximum atomic E-state index is 12.8. The molecule has 0 aliphatic carbocycles. The van der Waals surface area contributed by atoms with E-state index >= 15 is 0 Å². The van der Waals surface area contributed by atoms with E-state index in [1.54, 1.807) is 32.0 Å². The molecule has 2 rings (SSSR count). The zero-order valence-electron chi connectivity index (χ0n) is 16.2. The van der Waals surface area contributed by atoms with Crippen molar-refractivity contribution in [1.82, 2.24) is 10.0 Å². The molecule has 0 radical (unpaired) electrons. The Balaban J connectivity index is 1.85. The second-order valence-corrected chi connectivity index (χ2v) is 8.24. The molecule has 0 aliphatic rings. The van der Waals surface area contributed by atoms with Gasteiger partial charge in [-0.2, -0.15) is 0 Å². The largest absolute Gasteiger partial charge is 0.494 e. The minimum absolute atomic E-state index is 0.104. The van der Waals surface area contributed by atoms with Gasteiger partial charge in [-0.1, -0.05) is 0 Å². The Morgan fingerprint density at radius 3 is 2.43 bits per heavy atom. The van der Waals surface area contributed by atoms with E-state index in [2.05, 4.69) is 10.0 Å². The number of ether oxygens (including phenoxy) is 1. The number of benzene rings is 2. The van der Waals surface area contributed by atoms with Crippen molar-refractivity contribution in [2.24, 2.45) is 0 Å². The minimum atomic E-state index is -3.64. The topological polar surface area (TPSA) is 84.5 Å². The highest BCUT2D eigenvalue weighted by Gasteiger charge is 2.19. The first-order valence-electron chi connectivity index (χ1n) is 8.96. The predicted octanol–water partition coefficient (Wildman–Crippen LogP) is 2.94. The van der Waals surface area contributed by atoms with Crippen LogP contribution in [0.5, 0.6) is 5.75 Å². The van der Waals surface area contributed by atoms with Crippen LogP contribution in [0.25, 0.3) is 0 Å². The molecule has 0 aromatic heterocycles. The highest BCUT2D eigenvalue weighted by atomic mass is 32.2. The smallest absolute Gasteiger partial charge is 0.251 e. The third-order valence-corrected chi connectivity index (χ3v) is 5.92. The third kappa shape index (κ3) is 5.77. The monoisotopic (exact) mass is 408 g/mol. The quantitative estimate of drug-likeness (QED) is 0.625. The second-order valence-electron chi connectivity index (χ2n) is 6.39. The fourth-order valence-corrected chi connectivity index (χ4v) is 3.67. The summed E-state index contributed by atoms with van der Waals surface area (Å²) in [4.78, 5) is 12.5. The molecule has 2 N–H and O–H groups in total. The molecule has 0 aliphatic heterocycles. The van der Waals surface area contributed by atoms with Crippen molar-refractivity contribution in [2.75, 3.05) is 20.2 Å². The Kier molecular flexibility index (Phi) is 7.53. The first kappa shape index (κ1) is 21.8. The van der Waals surface area contributed by atoms with Gasteiger partial charge in [0, 0.05) is 12.1 Å². The lowest BCUT2D eigenvalue weighted by atomic mass is 10.1. The van der Waals surface area contributed by atoms with Crippen LogP contribution < -0.4 is 14.8 Å². The summed E-state index contributed by atoms with van der Waals surface area (Å²) < 4.78 is 44.9. The summed E-state index contributed by atoms with van der Waals surface area (Å²) in [6.45, 7) is 4.37. The number of halogens is 1. The lowest BCUT2D eigenvalue weighted by molar-refractivity contribution is 0.0952. The maximum Gasteiger partial charge on any atom is 0.251 e. The molecule has 6 nitrogen and oxygen atoms in total. The average molecular weight is 408 g/mol. The number of hydrogen-bond acceptors (Lipinski definition) is 4. The van der Waals surface area contributed by atoms with Crippen LogP contribution >= 0.6 is 0 Å². The van der Waals surface area contributed by atoms with Crippen molar-refractivity contribution in [2.45, 2.75) is 31.6 Å². The Morgan fingerprint density at radius 2 is 1.79 bits per heavy atom. The molecule has 0 fully saturated rings. The second kappa shape index (κ2) is 9.66. The number of sulfonamides is 1. The van der Waals surface area contributed by atoms with Gasteiger partial charge >= 0.3 is 0 Å². The van der Waals surface area contributed by atoms with E-state index in [0.717, 1.165) is 5.56 Å². The zero-order valence-corrected chi connectivity index (χ0v) is 17.0. The number of nitrogens with one attached hydrogen (secondary N) is 2. The third-order valence-electron chi connectivity index (χ3n) is 4.38. The molecule has 0 heterocycles. The van der Waals surface area contributed by atoms with Crippen LogP contribution in [0.3, 0.4) is 0 Å². The first-order valence-corrected chi connectivity index (χ1v) is 10.4. The number of carbonyl (C=O) groups is 1. The van der Waals surface area contributed by atoms with Crippen molar-refractivity contribution >= 4 is 15.9 Å². The molecular formula is C20H25FN2O4S. The molecule has 0 atom stereocenters. The van der Waals surface area contributed by atoms with Crippen LogP contribution in [-0.2, 0) is 10.0 Å². The summed E-state index contributed by atoms with van der Waals surface area (Å²) in [6, 6.07) is 8.86. The van der Waals surface area contributed by atoms with Gasteiger partial charge in [-0.3, -0.25) is 4.79 Å². The van der Waals surface area contributed by atoms with E-state index in [1.165, 1.54) is 25.2 Å². The molecule has 0 bridgehead atoms. The SMILES string of the molecule is CNS(=O)(=O)c1cc(C(=O)NCCCCOc2ccc(F)cc2)cc(C)c1C. The summed E-state index contributed by atoms with van der Waals surface area (Å²) in [5, 5.41) is 2.79. The Hall–Kier alpha value is -2.45. The number of amides is 1. The number of carbonyl (C=O) groups excluding carboxylic acids is 1. The van der Waals surface area contributed by atoms with Gasteiger partial charge in [0.05, 0.1) is 11.5 Å². The number of unbranched alkanes of at least 4 members (excludes halogenated alkanes) is 1. The van der Waals surface area contributed by atoms with Crippen molar-refractivity contribution in [3.8, 4) is 5.75 Å². The molecule has 8 heteroatoms. The zero-order chi connectivity index (χ0) is 20.7. The van der Waals surface area contributed by atoms with Gasteiger partial charge in [-0.15, -0.1) is 0 Å². The van der Waals surface area contributed by atoms with Crippen LogP contribution in [0, 0.1) is 19.7 Å². The lowest BCUT2D eigenvalue weighted by Crippen LogP contribution is -2.26. The molecule has 28 heavy (non-hydrogen) atoms. The van der Waals surface area contributed by atoms with Crippen LogP contribution in [-0.4, -0.2) is 34.5 Å². The van der Waals surface area contributed by atoms with E-state index in [9.17, 15) is 17.6 Å². The van der Waals surface area contributed by atoms with Crippen LogP contribution in [0.15, 0.2) is 41.3 Å². The predicted molar refractivity (Wildman–Crippen MR) is 106 cm³/mol. The Bertz CT molecular complexity index is 928. The molecule has 0 spiro atoms. The normalized spacial score (nSPS) is 11.3. The molecule has 1 amide bonds. The summed E-state index contributed by atoms with van der Waals surface area (Å²) in [7, 11) is -2.30. The van der Waals surface area contributed by atoms with Gasteiger partial charge < -0.3 is 10.1 Å². The highest BCUT2D eigenvalue weighted by Crippen LogP contribution is 2.21. The summed E-state index contributed by atoms with van der Waals surface area (Å²) >= 11 is 0. The standard InChI is InChI=1S/C20H25FN2O4S/c1-14-12-16(13-19(15(14)2)28(25,26)22-3)20(24)23-10-4-5-11-27-18-8-6-17(21)7-9-18/h6-9,12-13,22H,4-5,10-11H2,1-3H3,(H,23,24). The Labute approximate surface area is 165 Å². The van der Waals surface area contributed by atoms with Crippen molar-refractivity contribution < 1.29 is 22.3 Å². The molecule has 152 valence electrons. The fourth-order valence-electron chi connectivity index (χ4n) is 2.60. The van der Waals surface area contributed by atoms with Gasteiger partial charge in [-0.05, 0) is 81.3 Å². The van der Waals surface area contributed by atoms with Gasteiger partial charge in [0.1, 0.15) is 11.6 Å². The van der Waals surface area contributed by atoms with Crippen molar-refractivity contribution in [3.05, 3.63) is 58.9 Å². The van der Waals surface area contributed by atoms with Crippen molar-refractivity contribution in [1.29, 1.82) is 0 Å². The fraction of sp³-hybridized carbons (Fsp3) is 0.350. The van der Waals surface area contributed by atoms with Gasteiger partial charge in [0.2, 0.25) is 10.0 Å². The van der Waals surface area contributed by atoms with Crippen LogP contribution in [0.2, 0.25) is 0 Å². The summed E-state index contributed by atoms with van der Waals surface area (Å²) in [5.41, 5.74) is 1.65. The number of aryl methyl sites for hydroxylation is 1. The Morgan fingerprint density at radius 1 is 1.11 bits per heavy atom. The molecule has 2 aromatic carbocycles. The van der Waals surface area contributed by atoms with Gasteiger partial charge in [-0.25, -0.2) is 17.5 Å². The summed E-state index contributed by atoms with van der Waals surface area (Å²) in [5.74, 6) is -0.0407. The molecular weight excluding hydrogens is 383 g/mol. The maximum absolute atomic E-state index is 12.8. The van der Waals surface area contributed by atoms with E-state index in [-0.39, 0.29) is 16.6 Å². The highest BCUT2D eigenvalue weighted by molar-refractivity contribution is 7.89. The van der Waals surface area contributed by atoms with Crippen LogP contribution in [0.1, 0.15) is 34.3 Å². The minimum Gasteiger partial charge on any atom is -0.494 e. The summed E-state index contributed by atoms with van der Waals surface area (Å²) in [6.07, 6.45) is 1.41. The van der Waals surface area contributed by atoms with E-state index < -0.39 is 10.0 Å². The van der Waals surface area contributed by atoms with E-state index in [4.69, 9.17) is 4.74 Å².